The number of hydrogen-bond acceptors (Lipinski definition) is 3. The first-order chi connectivity index (χ1) is 6.17. The van der Waals surface area contributed by atoms with E-state index >= 15 is 0 Å². The summed E-state index contributed by atoms with van der Waals surface area (Å²) in [5.41, 5.74) is 0.466. The average molecular weight is 200 g/mol. The summed E-state index contributed by atoms with van der Waals surface area (Å²) in [6, 6.07) is 0. The molecule has 0 bridgehead atoms. The minimum atomic E-state index is 0.0466. The Kier molecular flexibility index (Phi) is 6.32. The van der Waals surface area contributed by atoms with Crippen LogP contribution in [0, 0.1) is 5.41 Å². The molecule has 0 saturated carbocycles. The molecule has 0 aromatic heterocycles. The molecule has 0 spiro atoms. The van der Waals surface area contributed by atoms with Crippen LogP contribution in [-0.2, 0) is 4.79 Å². The van der Waals surface area contributed by atoms with Crippen molar-refractivity contribution in [3.8, 4) is 0 Å². The van der Waals surface area contributed by atoms with Crippen molar-refractivity contribution in [1.29, 1.82) is 5.41 Å². The van der Waals surface area contributed by atoms with Crippen molar-refractivity contribution in [2.45, 2.75) is 13.3 Å². The zero-order valence-electron chi connectivity index (χ0n) is 8.17. The number of nitrogens with zero attached hydrogens (tertiary/aromatic N) is 1. The summed E-state index contributed by atoms with van der Waals surface area (Å²) in [6.45, 7) is 6.09. The maximum absolute atomic E-state index is 11.5. The largest absolute Gasteiger partial charge is 0.312 e. The molecule has 0 unspecified atom stereocenters. The van der Waals surface area contributed by atoms with Crippen LogP contribution in [0.15, 0.2) is 12.3 Å². The second kappa shape index (κ2) is 6.71. The number of thioether (sulfide) groups is 1. The van der Waals surface area contributed by atoms with E-state index in [0.717, 1.165) is 12.0 Å². The van der Waals surface area contributed by atoms with Crippen molar-refractivity contribution in [3.63, 3.8) is 0 Å². The monoisotopic (exact) mass is 200 g/mol. The third-order valence-corrected chi connectivity index (χ3v) is 2.26. The molecule has 0 saturated heterocycles. The van der Waals surface area contributed by atoms with Crippen LogP contribution in [0.1, 0.15) is 13.3 Å². The second-order valence-corrected chi connectivity index (χ2v) is 3.50. The molecular weight excluding hydrogens is 184 g/mol. The molecule has 0 aromatic carbocycles. The van der Waals surface area contributed by atoms with E-state index in [2.05, 4.69) is 6.58 Å². The molecule has 0 aliphatic heterocycles. The van der Waals surface area contributed by atoms with Gasteiger partial charge < -0.3 is 10.3 Å². The Hall–Kier alpha value is -0.770. The predicted octanol–water partition coefficient (Wildman–Crippen LogP) is 1.75. The highest BCUT2D eigenvalue weighted by atomic mass is 32.2. The van der Waals surface area contributed by atoms with Gasteiger partial charge in [0.25, 0.3) is 0 Å². The van der Waals surface area contributed by atoms with Crippen molar-refractivity contribution in [2.24, 2.45) is 0 Å². The standard InChI is InChI=1S/C9H16N2OS/c1-4-11(8(2)7-10)9(12)5-6-13-3/h7,10H,2,4-6H2,1,3H3. The maximum Gasteiger partial charge on any atom is 0.227 e. The number of rotatable bonds is 6. The molecule has 0 aliphatic rings. The third-order valence-electron chi connectivity index (χ3n) is 1.65. The first-order valence-corrected chi connectivity index (χ1v) is 5.55. The van der Waals surface area contributed by atoms with Gasteiger partial charge in [0.05, 0.1) is 5.70 Å². The Balaban J connectivity index is 4.14. The molecule has 0 rings (SSSR count). The molecule has 0 aromatic rings. The van der Waals surface area contributed by atoms with Crippen molar-refractivity contribution in [3.05, 3.63) is 12.3 Å². The van der Waals surface area contributed by atoms with Gasteiger partial charge in [0.2, 0.25) is 5.91 Å². The summed E-state index contributed by atoms with van der Waals surface area (Å²) in [5, 5.41) is 6.99. The van der Waals surface area contributed by atoms with Gasteiger partial charge in [-0.15, -0.1) is 0 Å². The van der Waals surface area contributed by atoms with Crippen LogP contribution < -0.4 is 0 Å². The molecular formula is C9H16N2OS. The van der Waals surface area contributed by atoms with Gasteiger partial charge in [0.1, 0.15) is 0 Å². The van der Waals surface area contributed by atoms with Crippen molar-refractivity contribution in [2.75, 3.05) is 18.6 Å². The minimum Gasteiger partial charge on any atom is -0.312 e. The lowest BCUT2D eigenvalue weighted by molar-refractivity contribution is -0.128. The van der Waals surface area contributed by atoms with Crippen LogP contribution in [0.2, 0.25) is 0 Å². The van der Waals surface area contributed by atoms with Crippen LogP contribution in [0.3, 0.4) is 0 Å². The zero-order valence-corrected chi connectivity index (χ0v) is 8.99. The predicted molar refractivity (Wildman–Crippen MR) is 58.3 cm³/mol. The van der Waals surface area contributed by atoms with Crippen LogP contribution >= 0.6 is 11.8 Å². The van der Waals surface area contributed by atoms with Crippen molar-refractivity contribution < 1.29 is 4.79 Å². The number of nitrogens with one attached hydrogen (secondary N) is 1. The van der Waals surface area contributed by atoms with Gasteiger partial charge in [0, 0.05) is 24.9 Å². The number of hydrogen-bond donors (Lipinski definition) is 1. The van der Waals surface area contributed by atoms with Crippen LogP contribution in [0.5, 0.6) is 0 Å². The molecule has 0 aliphatic carbocycles. The summed E-state index contributed by atoms with van der Waals surface area (Å²) in [4.78, 5) is 13.0. The van der Waals surface area contributed by atoms with E-state index in [-0.39, 0.29) is 5.91 Å². The van der Waals surface area contributed by atoms with E-state index in [9.17, 15) is 4.79 Å². The quantitative estimate of drug-likeness (QED) is 0.664. The molecule has 0 radical (unpaired) electrons. The Morgan fingerprint density at radius 1 is 1.69 bits per heavy atom. The summed E-state index contributed by atoms with van der Waals surface area (Å²) in [6.07, 6.45) is 3.59. The molecule has 0 heterocycles. The van der Waals surface area contributed by atoms with Gasteiger partial charge in [-0.3, -0.25) is 4.79 Å². The fourth-order valence-electron chi connectivity index (χ4n) is 0.942. The molecule has 3 nitrogen and oxygen atoms in total. The van der Waals surface area contributed by atoms with Gasteiger partial charge in [-0.25, -0.2) is 0 Å². The Morgan fingerprint density at radius 3 is 2.69 bits per heavy atom. The topological polar surface area (TPSA) is 44.2 Å². The highest BCUT2D eigenvalue weighted by Crippen LogP contribution is 2.04. The lowest BCUT2D eigenvalue weighted by Crippen LogP contribution is -2.30. The number of carbonyl (C=O) groups excluding carboxylic acids is 1. The van der Waals surface area contributed by atoms with Crippen LogP contribution in [0.4, 0.5) is 0 Å². The summed E-state index contributed by atoms with van der Waals surface area (Å²) >= 11 is 1.64. The Morgan fingerprint density at radius 2 is 2.31 bits per heavy atom. The summed E-state index contributed by atoms with van der Waals surface area (Å²) in [5.74, 6) is 0.867. The van der Waals surface area contributed by atoms with E-state index in [1.807, 2.05) is 13.2 Å². The lowest BCUT2D eigenvalue weighted by atomic mass is 10.3. The third kappa shape index (κ3) is 4.12. The highest BCUT2D eigenvalue weighted by molar-refractivity contribution is 7.98. The van der Waals surface area contributed by atoms with Crippen LogP contribution in [-0.4, -0.2) is 35.6 Å². The number of carbonyl (C=O) groups is 1. The Bertz CT molecular complexity index is 204. The minimum absolute atomic E-state index is 0.0466. The number of allylic oxidation sites excluding steroid dienone is 1. The fourth-order valence-corrected chi connectivity index (χ4v) is 1.32. The molecule has 4 heteroatoms. The van der Waals surface area contributed by atoms with E-state index in [0.29, 0.717) is 18.7 Å². The molecule has 1 N–H and O–H groups in total. The van der Waals surface area contributed by atoms with Gasteiger partial charge >= 0.3 is 0 Å². The van der Waals surface area contributed by atoms with Crippen molar-refractivity contribution >= 4 is 23.9 Å². The molecule has 0 atom stereocenters. The fraction of sp³-hybridized carbons (Fsp3) is 0.556. The van der Waals surface area contributed by atoms with E-state index in [1.165, 1.54) is 4.90 Å². The molecule has 0 fully saturated rings. The maximum atomic E-state index is 11.5. The van der Waals surface area contributed by atoms with E-state index in [4.69, 9.17) is 5.41 Å². The smallest absolute Gasteiger partial charge is 0.227 e. The summed E-state index contributed by atoms with van der Waals surface area (Å²) in [7, 11) is 0. The number of amides is 1. The normalized spacial score (nSPS) is 9.38. The van der Waals surface area contributed by atoms with Crippen molar-refractivity contribution in [1.82, 2.24) is 4.90 Å². The SMILES string of the molecule is C=C(C=N)N(CC)C(=O)CCSC. The average Bonchev–Trinajstić information content (AvgIpc) is 2.15. The summed E-state index contributed by atoms with van der Waals surface area (Å²) < 4.78 is 0. The van der Waals surface area contributed by atoms with Gasteiger partial charge in [-0.05, 0) is 13.2 Å². The van der Waals surface area contributed by atoms with Gasteiger partial charge in [-0.1, -0.05) is 6.58 Å². The first kappa shape index (κ1) is 12.2. The molecule has 1 amide bonds. The van der Waals surface area contributed by atoms with Gasteiger partial charge in [-0.2, -0.15) is 11.8 Å². The first-order valence-electron chi connectivity index (χ1n) is 4.16. The second-order valence-electron chi connectivity index (χ2n) is 2.52. The van der Waals surface area contributed by atoms with E-state index in [1.54, 1.807) is 11.8 Å². The molecule has 74 valence electrons. The van der Waals surface area contributed by atoms with E-state index < -0.39 is 0 Å². The lowest BCUT2D eigenvalue weighted by Gasteiger charge is -2.20. The van der Waals surface area contributed by atoms with Gasteiger partial charge in [0.15, 0.2) is 0 Å². The highest BCUT2D eigenvalue weighted by Gasteiger charge is 2.12. The molecule has 13 heavy (non-hydrogen) atoms. The Labute approximate surface area is 83.7 Å². The van der Waals surface area contributed by atoms with Crippen LogP contribution in [0.25, 0.3) is 0 Å². The zero-order chi connectivity index (χ0) is 10.3.